The first-order valence-electron chi connectivity index (χ1n) is 8.70. The van der Waals surface area contributed by atoms with Crippen LogP contribution in [-0.2, 0) is 11.2 Å². The highest BCUT2D eigenvalue weighted by molar-refractivity contribution is 5.85. The Morgan fingerprint density at radius 1 is 1.27 bits per heavy atom. The molecule has 0 spiro atoms. The lowest BCUT2D eigenvalue weighted by molar-refractivity contribution is -0.123. The molecular weight excluding hydrogens is 359 g/mol. The molecule has 0 saturated heterocycles. The second kappa shape index (κ2) is 9.09. The second-order valence-electron chi connectivity index (χ2n) is 6.61. The Balaban J connectivity index is 0.00000243. The lowest BCUT2D eigenvalue weighted by atomic mass is 9.97. The van der Waals surface area contributed by atoms with Gasteiger partial charge in [0.2, 0.25) is 17.6 Å². The number of nitrogens with zero attached hydrogens (tertiary/aromatic N) is 2. The van der Waals surface area contributed by atoms with Crippen LogP contribution in [0, 0.1) is 5.82 Å². The molecule has 0 radical (unpaired) electrons. The van der Waals surface area contributed by atoms with Crippen molar-refractivity contribution in [1.29, 1.82) is 0 Å². The van der Waals surface area contributed by atoms with E-state index in [2.05, 4.69) is 15.5 Å². The van der Waals surface area contributed by atoms with Crippen LogP contribution in [0.15, 0.2) is 28.8 Å². The molecule has 3 N–H and O–H groups in total. The molecule has 142 valence electrons. The summed E-state index contributed by atoms with van der Waals surface area (Å²) in [5, 5.41) is 6.99. The van der Waals surface area contributed by atoms with Gasteiger partial charge in [-0.2, -0.15) is 4.98 Å². The number of carbonyl (C=O) groups excluding carboxylic acids is 1. The predicted octanol–water partition coefficient (Wildman–Crippen LogP) is 3.01. The summed E-state index contributed by atoms with van der Waals surface area (Å²) in [6.07, 6.45) is 5.70. The highest BCUT2D eigenvalue weighted by Crippen LogP contribution is 2.28. The lowest BCUT2D eigenvalue weighted by Gasteiger charge is -2.28. The minimum Gasteiger partial charge on any atom is -0.349 e. The lowest BCUT2D eigenvalue weighted by Crippen LogP contribution is -2.51. The number of rotatable bonds is 7. The maximum atomic E-state index is 12.9. The largest absolute Gasteiger partial charge is 0.349 e. The van der Waals surface area contributed by atoms with Crippen LogP contribution in [0.2, 0.25) is 0 Å². The number of benzene rings is 1. The fourth-order valence-corrected chi connectivity index (χ4v) is 3.26. The summed E-state index contributed by atoms with van der Waals surface area (Å²) in [6.45, 7) is 0.490. The third-order valence-electron chi connectivity index (χ3n) is 4.72. The normalized spacial score (nSPS) is 15.5. The summed E-state index contributed by atoms with van der Waals surface area (Å²) in [5.41, 5.74) is 6.32. The Bertz CT molecular complexity index is 714. The molecule has 1 heterocycles. The summed E-state index contributed by atoms with van der Waals surface area (Å²) in [4.78, 5) is 16.4. The van der Waals surface area contributed by atoms with E-state index in [0.29, 0.717) is 43.1 Å². The number of halogens is 2. The van der Waals surface area contributed by atoms with Crippen molar-refractivity contribution in [3.05, 3.63) is 36.0 Å². The standard InChI is InChI=1S/C18H23FN4O2.ClH/c19-14-8-6-13(7-9-14)17-21-16(25-23-17)5-3-4-15(24)22-18(12-20)10-1-2-11-18;/h6-9H,1-5,10-12,20H2,(H,22,24);1H. The molecule has 6 nitrogen and oxygen atoms in total. The number of hydrogen-bond acceptors (Lipinski definition) is 5. The van der Waals surface area contributed by atoms with E-state index in [1.54, 1.807) is 12.1 Å². The van der Waals surface area contributed by atoms with Gasteiger partial charge in [-0.1, -0.05) is 18.0 Å². The Hall–Kier alpha value is -1.99. The van der Waals surface area contributed by atoms with Crippen molar-refractivity contribution < 1.29 is 13.7 Å². The quantitative estimate of drug-likeness (QED) is 0.767. The number of nitrogens with two attached hydrogens (primary N) is 1. The topological polar surface area (TPSA) is 94.0 Å². The highest BCUT2D eigenvalue weighted by atomic mass is 35.5. The first-order chi connectivity index (χ1) is 12.1. The van der Waals surface area contributed by atoms with Crippen LogP contribution in [-0.4, -0.2) is 28.1 Å². The van der Waals surface area contributed by atoms with Gasteiger partial charge in [0.25, 0.3) is 0 Å². The van der Waals surface area contributed by atoms with Crippen molar-refractivity contribution in [3.63, 3.8) is 0 Å². The Kier molecular flexibility index (Phi) is 7.11. The number of aryl methyl sites for hydroxylation is 1. The van der Waals surface area contributed by atoms with E-state index in [-0.39, 0.29) is 29.7 Å². The van der Waals surface area contributed by atoms with Crippen LogP contribution in [0.25, 0.3) is 11.4 Å². The van der Waals surface area contributed by atoms with E-state index in [9.17, 15) is 9.18 Å². The average Bonchev–Trinajstić information content (AvgIpc) is 3.26. The highest BCUT2D eigenvalue weighted by Gasteiger charge is 2.33. The van der Waals surface area contributed by atoms with E-state index in [0.717, 1.165) is 25.7 Å². The maximum Gasteiger partial charge on any atom is 0.226 e. The summed E-state index contributed by atoms with van der Waals surface area (Å²) in [6, 6.07) is 5.91. The van der Waals surface area contributed by atoms with Crippen molar-refractivity contribution in [3.8, 4) is 11.4 Å². The number of carbonyl (C=O) groups is 1. The molecular formula is C18H24ClFN4O2. The van der Waals surface area contributed by atoms with Crippen molar-refractivity contribution in [2.24, 2.45) is 5.73 Å². The summed E-state index contributed by atoms with van der Waals surface area (Å²) >= 11 is 0. The van der Waals surface area contributed by atoms with E-state index in [1.165, 1.54) is 12.1 Å². The monoisotopic (exact) mass is 382 g/mol. The van der Waals surface area contributed by atoms with E-state index in [1.807, 2.05) is 0 Å². The van der Waals surface area contributed by atoms with Gasteiger partial charge in [0.05, 0.1) is 5.54 Å². The van der Waals surface area contributed by atoms with Crippen LogP contribution in [0.4, 0.5) is 4.39 Å². The van der Waals surface area contributed by atoms with Crippen LogP contribution in [0.3, 0.4) is 0 Å². The molecule has 0 unspecified atom stereocenters. The molecule has 1 aromatic carbocycles. The smallest absolute Gasteiger partial charge is 0.226 e. The summed E-state index contributed by atoms with van der Waals surface area (Å²) in [5.74, 6) is 0.607. The fraction of sp³-hybridized carbons (Fsp3) is 0.500. The van der Waals surface area contributed by atoms with Gasteiger partial charge in [0.1, 0.15) is 5.82 Å². The molecule has 1 amide bonds. The Morgan fingerprint density at radius 3 is 2.62 bits per heavy atom. The molecule has 0 bridgehead atoms. The summed E-state index contributed by atoms with van der Waals surface area (Å²) in [7, 11) is 0. The van der Waals surface area contributed by atoms with E-state index >= 15 is 0 Å². The first kappa shape index (κ1) is 20.3. The van der Waals surface area contributed by atoms with Crippen molar-refractivity contribution in [2.75, 3.05) is 6.54 Å². The van der Waals surface area contributed by atoms with Gasteiger partial charge in [-0.3, -0.25) is 4.79 Å². The van der Waals surface area contributed by atoms with Crippen LogP contribution >= 0.6 is 12.4 Å². The number of aromatic nitrogens is 2. The van der Waals surface area contributed by atoms with Gasteiger partial charge >= 0.3 is 0 Å². The number of amides is 1. The maximum absolute atomic E-state index is 12.9. The molecule has 1 aromatic heterocycles. The minimum absolute atomic E-state index is 0. The molecule has 26 heavy (non-hydrogen) atoms. The zero-order valence-corrected chi connectivity index (χ0v) is 15.4. The third kappa shape index (κ3) is 5.02. The van der Waals surface area contributed by atoms with Crippen LogP contribution in [0.5, 0.6) is 0 Å². The minimum atomic E-state index is -0.309. The zero-order valence-electron chi connectivity index (χ0n) is 14.5. The molecule has 0 aliphatic heterocycles. The van der Waals surface area contributed by atoms with Crippen LogP contribution in [0.1, 0.15) is 44.4 Å². The third-order valence-corrected chi connectivity index (χ3v) is 4.72. The van der Waals surface area contributed by atoms with Gasteiger partial charge < -0.3 is 15.6 Å². The first-order valence-corrected chi connectivity index (χ1v) is 8.70. The van der Waals surface area contributed by atoms with Gasteiger partial charge in [0, 0.05) is 24.9 Å². The summed E-state index contributed by atoms with van der Waals surface area (Å²) < 4.78 is 18.1. The van der Waals surface area contributed by atoms with Crippen molar-refractivity contribution in [2.45, 2.75) is 50.5 Å². The van der Waals surface area contributed by atoms with Crippen molar-refractivity contribution >= 4 is 18.3 Å². The van der Waals surface area contributed by atoms with Gasteiger partial charge in [-0.15, -0.1) is 12.4 Å². The molecule has 2 aromatic rings. The van der Waals surface area contributed by atoms with E-state index < -0.39 is 0 Å². The molecule has 3 rings (SSSR count). The molecule has 8 heteroatoms. The van der Waals surface area contributed by atoms with Crippen molar-refractivity contribution in [1.82, 2.24) is 15.5 Å². The fourth-order valence-electron chi connectivity index (χ4n) is 3.26. The van der Waals surface area contributed by atoms with Gasteiger partial charge in [0.15, 0.2) is 0 Å². The molecule has 0 atom stereocenters. The molecule has 1 aliphatic rings. The molecule has 1 fully saturated rings. The average molecular weight is 383 g/mol. The molecule has 1 saturated carbocycles. The zero-order chi connectivity index (χ0) is 17.7. The Labute approximate surface area is 158 Å². The second-order valence-corrected chi connectivity index (χ2v) is 6.61. The molecule has 1 aliphatic carbocycles. The van der Waals surface area contributed by atoms with Gasteiger partial charge in [-0.25, -0.2) is 4.39 Å². The van der Waals surface area contributed by atoms with E-state index in [4.69, 9.17) is 10.3 Å². The number of hydrogen-bond donors (Lipinski definition) is 2. The number of nitrogens with one attached hydrogen (secondary N) is 1. The Morgan fingerprint density at radius 2 is 1.96 bits per heavy atom. The van der Waals surface area contributed by atoms with Crippen LogP contribution < -0.4 is 11.1 Å². The predicted molar refractivity (Wildman–Crippen MR) is 98.3 cm³/mol. The SMILES string of the molecule is Cl.NCC1(NC(=O)CCCc2nc(-c3ccc(F)cc3)no2)CCCC1. The van der Waals surface area contributed by atoms with Gasteiger partial charge in [-0.05, 0) is 43.5 Å².